The van der Waals surface area contributed by atoms with E-state index >= 15 is 0 Å². The van der Waals surface area contributed by atoms with E-state index in [0.717, 1.165) is 56.9 Å². The van der Waals surface area contributed by atoms with E-state index in [1.165, 1.54) is 5.56 Å². The minimum Gasteiger partial charge on any atom is -0.369 e. The Labute approximate surface area is 177 Å². The zero-order chi connectivity index (χ0) is 21.0. The SMILES string of the molecule is CS(=O)(=O)Nc1cccc(N2CCN(Cc3cn(Cc4ccccc4)nn3)CC2)c1. The molecule has 2 heterocycles. The topological polar surface area (TPSA) is 83.4 Å². The molecule has 1 aliphatic rings. The number of piperazine rings is 1. The van der Waals surface area contributed by atoms with Crippen LogP contribution in [-0.2, 0) is 23.1 Å². The highest BCUT2D eigenvalue weighted by Gasteiger charge is 2.19. The molecule has 1 N–H and O–H groups in total. The fourth-order valence-corrected chi connectivity index (χ4v) is 4.19. The lowest BCUT2D eigenvalue weighted by Gasteiger charge is -2.35. The lowest BCUT2D eigenvalue weighted by atomic mass is 10.2. The molecule has 30 heavy (non-hydrogen) atoms. The van der Waals surface area contributed by atoms with Crippen molar-refractivity contribution in [3.05, 3.63) is 72.1 Å². The van der Waals surface area contributed by atoms with E-state index in [9.17, 15) is 8.42 Å². The van der Waals surface area contributed by atoms with Crippen LogP contribution >= 0.6 is 0 Å². The van der Waals surface area contributed by atoms with Crippen molar-refractivity contribution in [1.29, 1.82) is 0 Å². The number of benzene rings is 2. The second kappa shape index (κ2) is 8.85. The number of rotatable bonds is 7. The minimum atomic E-state index is -3.28. The number of hydrogen-bond donors (Lipinski definition) is 1. The maximum atomic E-state index is 11.5. The van der Waals surface area contributed by atoms with Crippen LogP contribution in [-0.4, -0.2) is 60.7 Å². The van der Waals surface area contributed by atoms with E-state index in [4.69, 9.17) is 0 Å². The maximum Gasteiger partial charge on any atom is 0.229 e. The van der Waals surface area contributed by atoms with Crippen LogP contribution in [0.1, 0.15) is 11.3 Å². The Morgan fingerprint density at radius 2 is 1.73 bits per heavy atom. The molecule has 0 radical (unpaired) electrons. The summed E-state index contributed by atoms with van der Waals surface area (Å²) in [6, 6.07) is 17.8. The van der Waals surface area contributed by atoms with Gasteiger partial charge in [0.25, 0.3) is 0 Å². The lowest BCUT2D eigenvalue weighted by molar-refractivity contribution is 0.247. The van der Waals surface area contributed by atoms with Crippen LogP contribution in [0, 0.1) is 0 Å². The van der Waals surface area contributed by atoms with Gasteiger partial charge in [0, 0.05) is 38.4 Å². The number of nitrogens with zero attached hydrogens (tertiary/aromatic N) is 5. The molecule has 0 bridgehead atoms. The fraction of sp³-hybridized carbons (Fsp3) is 0.333. The largest absolute Gasteiger partial charge is 0.369 e. The molecule has 0 spiro atoms. The second-order valence-corrected chi connectivity index (χ2v) is 9.33. The minimum absolute atomic E-state index is 0.590. The molecule has 2 aromatic carbocycles. The smallest absolute Gasteiger partial charge is 0.229 e. The zero-order valence-corrected chi connectivity index (χ0v) is 17.8. The second-order valence-electron chi connectivity index (χ2n) is 7.58. The van der Waals surface area contributed by atoms with Crippen molar-refractivity contribution in [3.63, 3.8) is 0 Å². The summed E-state index contributed by atoms with van der Waals surface area (Å²) in [5.41, 5.74) is 3.79. The van der Waals surface area contributed by atoms with Crippen molar-refractivity contribution in [2.75, 3.05) is 42.1 Å². The van der Waals surface area contributed by atoms with E-state index in [1.807, 2.05) is 47.3 Å². The third-order valence-corrected chi connectivity index (χ3v) is 5.65. The molecule has 3 aromatic rings. The van der Waals surface area contributed by atoms with Gasteiger partial charge < -0.3 is 4.90 Å². The van der Waals surface area contributed by atoms with Gasteiger partial charge in [-0.25, -0.2) is 13.1 Å². The Hall–Kier alpha value is -2.91. The van der Waals surface area contributed by atoms with E-state index in [0.29, 0.717) is 5.69 Å². The molecule has 1 saturated heterocycles. The molecule has 0 amide bonds. The molecular weight excluding hydrogens is 400 g/mol. The summed E-state index contributed by atoms with van der Waals surface area (Å²) in [5, 5.41) is 8.57. The number of sulfonamides is 1. The van der Waals surface area contributed by atoms with Crippen molar-refractivity contribution in [1.82, 2.24) is 19.9 Å². The molecule has 1 aromatic heterocycles. The standard InChI is InChI=1S/C21H26N6O2S/c1-30(28,29)23-19-8-5-9-21(14-19)26-12-10-25(11-13-26)16-20-17-27(24-22-20)15-18-6-3-2-4-7-18/h2-9,14,17,23H,10-13,15-16H2,1H3. The van der Waals surface area contributed by atoms with Crippen LogP contribution in [0.3, 0.4) is 0 Å². The average Bonchev–Trinajstić information content (AvgIpc) is 3.15. The van der Waals surface area contributed by atoms with Gasteiger partial charge in [-0.05, 0) is 23.8 Å². The number of hydrogen-bond acceptors (Lipinski definition) is 6. The predicted molar refractivity (Wildman–Crippen MR) is 118 cm³/mol. The summed E-state index contributed by atoms with van der Waals surface area (Å²) in [6.45, 7) is 5.07. The van der Waals surface area contributed by atoms with E-state index in [1.54, 1.807) is 6.07 Å². The summed E-state index contributed by atoms with van der Waals surface area (Å²) < 4.78 is 27.3. The van der Waals surface area contributed by atoms with Crippen molar-refractivity contribution >= 4 is 21.4 Å². The molecule has 0 unspecified atom stereocenters. The first kappa shape index (κ1) is 20.4. The van der Waals surface area contributed by atoms with Crippen molar-refractivity contribution < 1.29 is 8.42 Å². The highest BCUT2D eigenvalue weighted by atomic mass is 32.2. The van der Waals surface area contributed by atoms with Crippen LogP contribution < -0.4 is 9.62 Å². The summed E-state index contributed by atoms with van der Waals surface area (Å²) >= 11 is 0. The first-order valence-corrected chi connectivity index (χ1v) is 11.8. The van der Waals surface area contributed by atoms with Crippen LogP contribution in [0.5, 0.6) is 0 Å². The van der Waals surface area contributed by atoms with E-state index in [-0.39, 0.29) is 0 Å². The molecule has 1 aliphatic heterocycles. The van der Waals surface area contributed by atoms with Crippen LogP contribution in [0.2, 0.25) is 0 Å². The van der Waals surface area contributed by atoms with Gasteiger partial charge in [0.15, 0.2) is 0 Å². The van der Waals surface area contributed by atoms with Gasteiger partial charge >= 0.3 is 0 Å². The summed E-state index contributed by atoms with van der Waals surface area (Å²) in [7, 11) is -3.28. The van der Waals surface area contributed by atoms with E-state index in [2.05, 4.69) is 37.0 Å². The van der Waals surface area contributed by atoms with Gasteiger partial charge in [0.1, 0.15) is 0 Å². The third kappa shape index (κ3) is 5.58. The monoisotopic (exact) mass is 426 g/mol. The number of anilines is 2. The average molecular weight is 427 g/mol. The molecule has 0 atom stereocenters. The Kier molecular flexibility index (Phi) is 6.01. The van der Waals surface area contributed by atoms with Crippen LogP contribution in [0.4, 0.5) is 11.4 Å². The molecule has 0 saturated carbocycles. The zero-order valence-electron chi connectivity index (χ0n) is 17.0. The first-order chi connectivity index (χ1) is 14.4. The molecule has 158 valence electrons. The predicted octanol–water partition coefficient (Wildman–Crippen LogP) is 2.02. The normalized spacial score (nSPS) is 15.3. The van der Waals surface area contributed by atoms with Crippen LogP contribution in [0.15, 0.2) is 60.8 Å². The summed E-state index contributed by atoms with van der Waals surface area (Å²) in [5.74, 6) is 0. The van der Waals surface area contributed by atoms with Gasteiger partial charge in [-0.3, -0.25) is 9.62 Å². The van der Waals surface area contributed by atoms with Gasteiger partial charge in [0.05, 0.1) is 30.4 Å². The Balaban J connectivity index is 1.31. The van der Waals surface area contributed by atoms with Gasteiger partial charge in [-0.2, -0.15) is 0 Å². The maximum absolute atomic E-state index is 11.5. The van der Waals surface area contributed by atoms with Crippen LogP contribution in [0.25, 0.3) is 0 Å². The molecule has 8 nitrogen and oxygen atoms in total. The van der Waals surface area contributed by atoms with E-state index < -0.39 is 10.0 Å². The molecule has 4 rings (SSSR count). The lowest BCUT2D eigenvalue weighted by Crippen LogP contribution is -2.46. The Bertz CT molecular complexity index is 1080. The molecule has 1 fully saturated rings. The third-order valence-electron chi connectivity index (χ3n) is 5.05. The quantitative estimate of drug-likeness (QED) is 0.622. The van der Waals surface area contributed by atoms with Gasteiger partial charge in [-0.15, -0.1) is 5.10 Å². The molecule has 9 heteroatoms. The molecule has 0 aliphatic carbocycles. The number of aromatic nitrogens is 3. The highest BCUT2D eigenvalue weighted by molar-refractivity contribution is 7.92. The Morgan fingerprint density at radius 3 is 2.47 bits per heavy atom. The number of nitrogens with one attached hydrogen (secondary N) is 1. The molecular formula is C21H26N6O2S. The van der Waals surface area contributed by atoms with Crippen molar-refractivity contribution in [3.8, 4) is 0 Å². The first-order valence-electron chi connectivity index (χ1n) is 9.93. The van der Waals surface area contributed by atoms with Crippen molar-refractivity contribution in [2.24, 2.45) is 0 Å². The van der Waals surface area contributed by atoms with Gasteiger partial charge in [-0.1, -0.05) is 41.6 Å². The summed E-state index contributed by atoms with van der Waals surface area (Å²) in [6.07, 6.45) is 3.17. The summed E-state index contributed by atoms with van der Waals surface area (Å²) in [4.78, 5) is 4.64. The van der Waals surface area contributed by atoms with Crippen molar-refractivity contribution in [2.45, 2.75) is 13.1 Å². The van der Waals surface area contributed by atoms with Gasteiger partial charge in [0.2, 0.25) is 10.0 Å². The fourth-order valence-electron chi connectivity index (χ4n) is 3.63. The highest BCUT2D eigenvalue weighted by Crippen LogP contribution is 2.22. The Morgan fingerprint density at radius 1 is 0.967 bits per heavy atom.